The lowest BCUT2D eigenvalue weighted by Gasteiger charge is -2.32. The number of halogens is 3. The van der Waals surface area contributed by atoms with E-state index in [0.717, 1.165) is 61.7 Å². The van der Waals surface area contributed by atoms with Gasteiger partial charge in [0.15, 0.2) is 5.82 Å². The topological polar surface area (TPSA) is 60.2 Å². The molecule has 2 heterocycles. The van der Waals surface area contributed by atoms with Crippen molar-refractivity contribution in [3.63, 3.8) is 0 Å². The lowest BCUT2D eigenvalue weighted by molar-refractivity contribution is -0.146. The van der Waals surface area contributed by atoms with E-state index < -0.39 is 0 Å². The first-order chi connectivity index (χ1) is 15.5. The van der Waals surface area contributed by atoms with Crippen molar-refractivity contribution in [1.82, 2.24) is 14.8 Å². The molecule has 0 bridgehead atoms. The van der Waals surface area contributed by atoms with Gasteiger partial charge >= 0.3 is 5.97 Å². The zero-order valence-electron chi connectivity index (χ0n) is 19.2. The van der Waals surface area contributed by atoms with Crippen molar-refractivity contribution in [1.29, 1.82) is 0 Å². The molecule has 2 fully saturated rings. The van der Waals surface area contributed by atoms with Gasteiger partial charge in [-0.2, -0.15) is 0 Å². The summed E-state index contributed by atoms with van der Waals surface area (Å²) in [6, 6.07) is 16.7. The number of aromatic nitrogens is 3. The van der Waals surface area contributed by atoms with Gasteiger partial charge in [0, 0.05) is 31.4 Å². The lowest BCUT2D eigenvalue weighted by Crippen LogP contribution is -2.36. The van der Waals surface area contributed by atoms with Gasteiger partial charge in [-0.15, -0.1) is 35.0 Å². The predicted octanol–water partition coefficient (Wildman–Crippen LogP) is 5.45. The summed E-state index contributed by atoms with van der Waals surface area (Å²) in [6.45, 7) is 1.62. The van der Waals surface area contributed by atoms with Crippen molar-refractivity contribution in [3.05, 3.63) is 64.9 Å². The van der Waals surface area contributed by atoms with Crippen LogP contribution in [-0.2, 0) is 22.0 Å². The number of methoxy groups -OCH3 is 1. The summed E-state index contributed by atoms with van der Waals surface area (Å²) in [7, 11) is 3.48. The molecule has 0 atom stereocenters. The molecule has 2 aromatic carbocycles. The van der Waals surface area contributed by atoms with E-state index in [4.69, 9.17) is 16.3 Å². The molecule has 0 amide bonds. The van der Waals surface area contributed by atoms with E-state index in [0.29, 0.717) is 5.02 Å². The average molecular weight is 524 g/mol. The van der Waals surface area contributed by atoms with Crippen molar-refractivity contribution >= 4 is 48.1 Å². The zero-order chi connectivity index (χ0) is 22.3. The van der Waals surface area contributed by atoms with Crippen LogP contribution in [0.5, 0.6) is 0 Å². The minimum absolute atomic E-state index is 0. The second-order valence-corrected chi connectivity index (χ2v) is 9.21. The molecule has 0 N–H and O–H groups in total. The summed E-state index contributed by atoms with van der Waals surface area (Å²) in [4.78, 5) is 14.1. The van der Waals surface area contributed by atoms with Crippen LogP contribution < -0.4 is 4.90 Å². The molecule has 0 radical (unpaired) electrons. The third-order valence-corrected chi connectivity index (χ3v) is 7.28. The third-order valence-electron chi connectivity index (χ3n) is 6.97. The molecule has 3 aromatic rings. The monoisotopic (exact) mass is 522 g/mol. The summed E-state index contributed by atoms with van der Waals surface area (Å²) in [6.07, 6.45) is 3.74. The number of esters is 1. The Hall–Kier alpha value is -2.28. The van der Waals surface area contributed by atoms with Crippen molar-refractivity contribution in [2.75, 3.05) is 25.1 Å². The summed E-state index contributed by atoms with van der Waals surface area (Å²) >= 11 is 6.73. The van der Waals surface area contributed by atoms with Gasteiger partial charge in [-0.25, -0.2) is 0 Å². The van der Waals surface area contributed by atoms with Gasteiger partial charge in [0.25, 0.3) is 0 Å². The smallest absolute Gasteiger partial charge is 0.308 e. The van der Waals surface area contributed by atoms with E-state index in [9.17, 15) is 4.79 Å². The molecule has 9 heteroatoms. The Morgan fingerprint density at radius 1 is 1.06 bits per heavy atom. The normalized spacial score (nSPS) is 16.9. The molecule has 182 valence electrons. The molecular formula is C25H29Cl3N4O2. The summed E-state index contributed by atoms with van der Waals surface area (Å²) in [5.41, 5.74) is 3.19. The Bertz CT molecular complexity index is 1140. The zero-order valence-corrected chi connectivity index (χ0v) is 21.6. The van der Waals surface area contributed by atoms with Crippen LogP contribution in [0.3, 0.4) is 0 Å². The van der Waals surface area contributed by atoms with Crippen LogP contribution in [0, 0.1) is 5.92 Å². The number of piperidine rings is 1. The molecule has 0 spiro atoms. The summed E-state index contributed by atoms with van der Waals surface area (Å²) < 4.78 is 6.98. The lowest BCUT2D eigenvalue weighted by atomic mass is 9.95. The summed E-state index contributed by atoms with van der Waals surface area (Å²) in [5.74, 6) is 1.65. The van der Waals surface area contributed by atoms with Gasteiger partial charge in [0.05, 0.1) is 23.5 Å². The molecule has 1 aromatic heterocycles. The number of nitrogens with zero attached hydrogens (tertiary/aromatic N) is 4. The predicted molar refractivity (Wildman–Crippen MR) is 139 cm³/mol. The number of carbonyl (C=O) groups excluding carboxylic acids is 1. The number of hydrogen-bond donors (Lipinski definition) is 0. The SMILES string of the molecule is COC(=O)C1CCN(c2ccc(-c3nnc(C4(c5ccccc5)CC4)n3C)c(Cl)c2)CC1.Cl.Cl. The van der Waals surface area contributed by atoms with Gasteiger partial charge in [-0.3, -0.25) is 4.79 Å². The Morgan fingerprint density at radius 2 is 1.74 bits per heavy atom. The van der Waals surface area contributed by atoms with Crippen LogP contribution in [0.25, 0.3) is 11.4 Å². The highest BCUT2D eigenvalue weighted by Gasteiger charge is 2.49. The van der Waals surface area contributed by atoms with Gasteiger partial charge < -0.3 is 14.2 Å². The second kappa shape index (κ2) is 10.5. The highest BCUT2D eigenvalue weighted by Crippen LogP contribution is 2.53. The van der Waals surface area contributed by atoms with E-state index >= 15 is 0 Å². The molecule has 1 aliphatic heterocycles. The van der Waals surface area contributed by atoms with Crippen molar-refractivity contribution < 1.29 is 9.53 Å². The number of ether oxygens (including phenoxy) is 1. The molecule has 34 heavy (non-hydrogen) atoms. The average Bonchev–Trinajstić information content (AvgIpc) is 3.55. The van der Waals surface area contributed by atoms with Crippen molar-refractivity contribution in [3.8, 4) is 11.4 Å². The molecule has 5 rings (SSSR count). The van der Waals surface area contributed by atoms with Crippen LogP contribution >= 0.6 is 36.4 Å². The molecule has 1 saturated carbocycles. The molecule has 1 saturated heterocycles. The first-order valence-corrected chi connectivity index (χ1v) is 11.5. The molecule has 2 aliphatic rings. The first kappa shape index (κ1) is 26.3. The summed E-state index contributed by atoms with van der Waals surface area (Å²) in [5, 5.41) is 9.77. The minimum Gasteiger partial charge on any atom is -0.469 e. The molecule has 1 aliphatic carbocycles. The quantitative estimate of drug-likeness (QED) is 0.416. The molecule has 0 unspecified atom stereocenters. The maximum atomic E-state index is 11.8. The highest BCUT2D eigenvalue weighted by atomic mass is 35.5. The fraction of sp³-hybridized carbons (Fsp3) is 0.400. The second-order valence-electron chi connectivity index (χ2n) is 8.80. The van der Waals surface area contributed by atoms with E-state index in [1.54, 1.807) is 0 Å². The fourth-order valence-corrected chi connectivity index (χ4v) is 5.19. The van der Waals surface area contributed by atoms with Crippen LogP contribution in [0.4, 0.5) is 5.69 Å². The minimum atomic E-state index is -0.111. The largest absolute Gasteiger partial charge is 0.469 e. The van der Waals surface area contributed by atoms with E-state index in [-0.39, 0.29) is 42.1 Å². The van der Waals surface area contributed by atoms with Crippen LogP contribution in [-0.4, -0.2) is 40.9 Å². The highest BCUT2D eigenvalue weighted by molar-refractivity contribution is 6.33. The Kier molecular flexibility index (Phi) is 8.17. The van der Waals surface area contributed by atoms with Gasteiger partial charge in [-0.05, 0) is 49.4 Å². The number of carbonyl (C=O) groups is 1. The number of benzene rings is 2. The Balaban J connectivity index is 0.00000162. The maximum Gasteiger partial charge on any atom is 0.308 e. The van der Waals surface area contributed by atoms with Gasteiger partial charge in [0.2, 0.25) is 0 Å². The van der Waals surface area contributed by atoms with Crippen molar-refractivity contribution in [2.45, 2.75) is 31.1 Å². The maximum absolute atomic E-state index is 11.8. The number of hydrogen-bond acceptors (Lipinski definition) is 5. The van der Waals surface area contributed by atoms with Crippen LogP contribution in [0.1, 0.15) is 37.1 Å². The molecule has 6 nitrogen and oxygen atoms in total. The van der Waals surface area contributed by atoms with Crippen LogP contribution in [0.2, 0.25) is 5.02 Å². The molecular weight excluding hydrogens is 495 g/mol. The van der Waals surface area contributed by atoms with E-state index in [1.807, 2.05) is 25.2 Å². The Labute approximate surface area is 217 Å². The van der Waals surface area contributed by atoms with Gasteiger partial charge in [0.1, 0.15) is 5.82 Å². The Morgan fingerprint density at radius 3 is 2.32 bits per heavy atom. The van der Waals surface area contributed by atoms with Crippen molar-refractivity contribution in [2.24, 2.45) is 13.0 Å². The number of rotatable bonds is 5. The van der Waals surface area contributed by atoms with E-state index in [2.05, 4.69) is 50.0 Å². The van der Waals surface area contributed by atoms with Gasteiger partial charge in [-0.1, -0.05) is 41.9 Å². The van der Waals surface area contributed by atoms with E-state index in [1.165, 1.54) is 12.7 Å². The fourth-order valence-electron chi connectivity index (χ4n) is 4.93. The first-order valence-electron chi connectivity index (χ1n) is 11.1. The standard InChI is InChI=1S/C25H27ClN4O2.2ClH/c1-29-22(27-28-24(29)25(12-13-25)18-6-4-3-5-7-18)20-9-8-19(16-21(20)26)30-14-10-17(11-15-30)23(31)32-2;;/h3-9,16-17H,10-15H2,1-2H3;2*1H. The van der Waals surface area contributed by atoms with Crippen LogP contribution in [0.15, 0.2) is 48.5 Å². The third kappa shape index (κ3) is 4.64. The number of anilines is 1.